The molecule has 4 rings (SSSR count). The molecule has 146 valence electrons. The molecular formula is C22H16ClFN2O3. The number of anilines is 2. The summed E-state index contributed by atoms with van der Waals surface area (Å²) in [4.78, 5) is 26.3. The van der Waals surface area contributed by atoms with Crippen LogP contribution in [-0.2, 0) is 11.3 Å². The van der Waals surface area contributed by atoms with Gasteiger partial charge < -0.3 is 15.0 Å². The number of carbonyl (C=O) groups excluding carboxylic acids is 2. The third kappa shape index (κ3) is 4.22. The topological polar surface area (TPSA) is 58.6 Å². The minimum Gasteiger partial charge on any atom is -0.481 e. The van der Waals surface area contributed by atoms with Gasteiger partial charge in [0.25, 0.3) is 11.8 Å². The van der Waals surface area contributed by atoms with Crippen LogP contribution in [0.15, 0.2) is 66.7 Å². The van der Waals surface area contributed by atoms with Gasteiger partial charge in [0.05, 0.1) is 12.2 Å². The molecule has 0 saturated carbocycles. The highest BCUT2D eigenvalue weighted by molar-refractivity contribution is 6.31. The SMILES string of the molecule is O=C(Nc1ccc2c(c1)OCC(=O)N2Cc1ccc(F)cc1)c1cccc(Cl)c1. The minimum atomic E-state index is -0.331. The maximum atomic E-state index is 13.1. The highest BCUT2D eigenvalue weighted by atomic mass is 35.5. The van der Waals surface area contributed by atoms with Crippen molar-refractivity contribution in [3.05, 3.63) is 88.7 Å². The quantitative estimate of drug-likeness (QED) is 0.680. The molecule has 0 aliphatic carbocycles. The lowest BCUT2D eigenvalue weighted by Crippen LogP contribution is -2.38. The van der Waals surface area contributed by atoms with E-state index in [0.717, 1.165) is 5.56 Å². The van der Waals surface area contributed by atoms with Crippen molar-refractivity contribution in [1.82, 2.24) is 0 Å². The number of ether oxygens (including phenoxy) is 1. The molecule has 0 saturated heterocycles. The van der Waals surface area contributed by atoms with Crippen molar-refractivity contribution in [2.75, 3.05) is 16.8 Å². The molecule has 5 nitrogen and oxygen atoms in total. The normalized spacial score (nSPS) is 12.9. The molecule has 0 atom stereocenters. The number of halogens is 2. The Hall–Kier alpha value is -3.38. The first-order valence-corrected chi connectivity index (χ1v) is 9.26. The first kappa shape index (κ1) is 19.0. The number of nitrogens with zero attached hydrogens (tertiary/aromatic N) is 1. The lowest BCUT2D eigenvalue weighted by molar-refractivity contribution is -0.121. The number of hydrogen-bond donors (Lipinski definition) is 1. The first-order chi connectivity index (χ1) is 14.0. The fourth-order valence-electron chi connectivity index (χ4n) is 3.06. The highest BCUT2D eigenvalue weighted by Gasteiger charge is 2.26. The zero-order valence-corrected chi connectivity index (χ0v) is 15.9. The van der Waals surface area contributed by atoms with Crippen molar-refractivity contribution in [2.24, 2.45) is 0 Å². The molecule has 2 amide bonds. The van der Waals surface area contributed by atoms with Crippen LogP contribution >= 0.6 is 11.6 Å². The van der Waals surface area contributed by atoms with E-state index in [2.05, 4.69) is 5.32 Å². The van der Waals surface area contributed by atoms with E-state index in [0.29, 0.717) is 34.3 Å². The molecule has 1 aliphatic heterocycles. The van der Waals surface area contributed by atoms with Crippen molar-refractivity contribution in [3.8, 4) is 5.75 Å². The number of fused-ring (bicyclic) bond motifs is 1. The molecule has 1 aliphatic rings. The van der Waals surface area contributed by atoms with Crippen molar-refractivity contribution in [3.63, 3.8) is 0 Å². The summed E-state index contributed by atoms with van der Waals surface area (Å²) in [6, 6.07) is 17.7. The van der Waals surface area contributed by atoms with Crippen molar-refractivity contribution < 1.29 is 18.7 Å². The van der Waals surface area contributed by atoms with Crippen LogP contribution in [0.5, 0.6) is 5.75 Å². The molecule has 0 spiro atoms. The van der Waals surface area contributed by atoms with Gasteiger partial charge in [-0.25, -0.2) is 4.39 Å². The maximum Gasteiger partial charge on any atom is 0.265 e. The zero-order chi connectivity index (χ0) is 20.4. The fraction of sp³-hybridized carbons (Fsp3) is 0.0909. The predicted octanol–water partition coefficient (Wildman–Crippen LogP) is 4.66. The standard InChI is InChI=1S/C22H16ClFN2O3/c23-16-3-1-2-15(10-16)22(28)25-18-8-9-19-20(11-18)29-13-21(27)26(19)12-14-4-6-17(24)7-5-14/h1-11H,12-13H2,(H,25,28). The lowest BCUT2D eigenvalue weighted by atomic mass is 10.1. The average molecular weight is 411 g/mol. The smallest absolute Gasteiger partial charge is 0.265 e. The molecule has 0 unspecified atom stereocenters. The Balaban J connectivity index is 1.55. The third-order valence-corrected chi connectivity index (χ3v) is 4.74. The van der Waals surface area contributed by atoms with Crippen LogP contribution < -0.4 is 15.0 Å². The van der Waals surface area contributed by atoms with E-state index < -0.39 is 0 Å². The van der Waals surface area contributed by atoms with Gasteiger partial charge in [0.2, 0.25) is 0 Å². The van der Waals surface area contributed by atoms with E-state index in [9.17, 15) is 14.0 Å². The van der Waals surface area contributed by atoms with Crippen molar-refractivity contribution in [1.29, 1.82) is 0 Å². The molecule has 0 bridgehead atoms. The van der Waals surface area contributed by atoms with Gasteiger partial charge in [-0.05, 0) is 48.0 Å². The van der Waals surface area contributed by atoms with Crippen LogP contribution in [0, 0.1) is 5.82 Å². The molecule has 3 aromatic carbocycles. The summed E-state index contributed by atoms with van der Waals surface area (Å²) in [7, 11) is 0. The second-order valence-corrected chi connectivity index (χ2v) is 6.98. The van der Waals surface area contributed by atoms with Crippen LogP contribution in [0.25, 0.3) is 0 Å². The molecule has 1 heterocycles. The van der Waals surface area contributed by atoms with Crippen molar-refractivity contribution >= 4 is 34.8 Å². The molecule has 1 N–H and O–H groups in total. The summed E-state index contributed by atoms with van der Waals surface area (Å²) >= 11 is 5.93. The monoisotopic (exact) mass is 410 g/mol. The second kappa shape index (κ2) is 7.93. The Bertz CT molecular complexity index is 1090. The largest absolute Gasteiger partial charge is 0.481 e. The Kier molecular flexibility index (Phi) is 5.18. The Labute approximate surface area is 171 Å². The number of hydrogen-bond acceptors (Lipinski definition) is 3. The summed E-state index contributed by atoms with van der Waals surface area (Å²) in [6.45, 7) is 0.184. The maximum absolute atomic E-state index is 13.1. The average Bonchev–Trinajstić information content (AvgIpc) is 2.71. The highest BCUT2D eigenvalue weighted by Crippen LogP contribution is 2.35. The van der Waals surface area contributed by atoms with Gasteiger partial charge in [-0.1, -0.05) is 29.8 Å². The van der Waals surface area contributed by atoms with Crippen LogP contribution in [0.2, 0.25) is 5.02 Å². The van der Waals surface area contributed by atoms with Crippen LogP contribution in [0.3, 0.4) is 0 Å². The van der Waals surface area contributed by atoms with E-state index in [4.69, 9.17) is 16.3 Å². The van der Waals surface area contributed by atoms with Gasteiger partial charge in [-0.15, -0.1) is 0 Å². The summed E-state index contributed by atoms with van der Waals surface area (Å²) < 4.78 is 18.7. The van der Waals surface area contributed by atoms with E-state index in [-0.39, 0.29) is 24.2 Å². The van der Waals surface area contributed by atoms with E-state index in [1.54, 1.807) is 59.5 Å². The molecule has 0 radical (unpaired) electrons. The summed E-state index contributed by atoms with van der Waals surface area (Å²) in [5.74, 6) is -0.349. The van der Waals surface area contributed by atoms with Gasteiger partial charge in [-0.2, -0.15) is 0 Å². The molecule has 29 heavy (non-hydrogen) atoms. The second-order valence-electron chi connectivity index (χ2n) is 6.54. The summed E-state index contributed by atoms with van der Waals surface area (Å²) in [5.41, 5.74) is 2.35. The van der Waals surface area contributed by atoms with E-state index in [1.807, 2.05) is 0 Å². The van der Waals surface area contributed by atoms with Crippen LogP contribution in [0.4, 0.5) is 15.8 Å². The molecule has 0 fully saturated rings. The van der Waals surface area contributed by atoms with Crippen molar-refractivity contribution in [2.45, 2.75) is 6.54 Å². The van der Waals surface area contributed by atoms with Gasteiger partial charge in [-0.3, -0.25) is 9.59 Å². The van der Waals surface area contributed by atoms with E-state index >= 15 is 0 Å². The number of nitrogens with one attached hydrogen (secondary N) is 1. The van der Waals surface area contributed by atoms with Gasteiger partial charge >= 0.3 is 0 Å². The van der Waals surface area contributed by atoms with Gasteiger partial charge in [0.15, 0.2) is 6.61 Å². The Morgan fingerprint density at radius 3 is 2.66 bits per heavy atom. The summed E-state index contributed by atoms with van der Waals surface area (Å²) in [5, 5.41) is 3.27. The van der Waals surface area contributed by atoms with Crippen LogP contribution in [0.1, 0.15) is 15.9 Å². The molecule has 3 aromatic rings. The number of rotatable bonds is 4. The molecular weight excluding hydrogens is 395 g/mol. The fourth-order valence-corrected chi connectivity index (χ4v) is 3.25. The molecule has 7 heteroatoms. The predicted molar refractivity (Wildman–Crippen MR) is 109 cm³/mol. The Morgan fingerprint density at radius 1 is 1.10 bits per heavy atom. The number of carbonyl (C=O) groups is 2. The van der Waals surface area contributed by atoms with Gasteiger partial charge in [0, 0.05) is 22.3 Å². The summed E-state index contributed by atoms with van der Waals surface area (Å²) in [6.07, 6.45) is 0. The first-order valence-electron chi connectivity index (χ1n) is 8.88. The molecule has 0 aromatic heterocycles. The Morgan fingerprint density at radius 2 is 1.90 bits per heavy atom. The zero-order valence-electron chi connectivity index (χ0n) is 15.2. The minimum absolute atomic E-state index is 0.111. The number of benzene rings is 3. The van der Waals surface area contributed by atoms with E-state index in [1.165, 1.54) is 12.1 Å². The van der Waals surface area contributed by atoms with Crippen LogP contribution in [-0.4, -0.2) is 18.4 Å². The number of amides is 2. The van der Waals surface area contributed by atoms with Gasteiger partial charge in [0.1, 0.15) is 11.6 Å². The lowest BCUT2D eigenvalue weighted by Gasteiger charge is -2.29. The third-order valence-electron chi connectivity index (χ3n) is 4.50.